The highest BCUT2D eigenvalue weighted by molar-refractivity contribution is 6.01. The van der Waals surface area contributed by atoms with Gasteiger partial charge in [0.2, 0.25) is 5.82 Å². The second-order valence-corrected chi connectivity index (χ2v) is 5.73. The van der Waals surface area contributed by atoms with Gasteiger partial charge in [0.25, 0.3) is 11.7 Å². The van der Waals surface area contributed by atoms with Crippen LogP contribution in [0.4, 0.5) is 27.6 Å². The van der Waals surface area contributed by atoms with E-state index >= 15 is 0 Å². The number of nitrogens with zero attached hydrogens (tertiary/aromatic N) is 4. The first-order chi connectivity index (χ1) is 13.7. The van der Waals surface area contributed by atoms with Crippen LogP contribution in [0, 0.1) is 11.6 Å². The lowest BCUT2D eigenvalue weighted by Gasteiger charge is -2.09. The Morgan fingerprint density at radius 2 is 1.90 bits per heavy atom. The van der Waals surface area contributed by atoms with Gasteiger partial charge >= 0.3 is 6.18 Å². The third-order valence-corrected chi connectivity index (χ3v) is 3.76. The number of alkyl halides is 3. The summed E-state index contributed by atoms with van der Waals surface area (Å²) < 4.78 is 72.4. The van der Waals surface area contributed by atoms with Crippen molar-refractivity contribution in [3.63, 3.8) is 0 Å². The second kappa shape index (κ2) is 6.65. The largest absolute Gasteiger partial charge is 0.463 e. The van der Waals surface area contributed by atoms with Gasteiger partial charge in [-0.3, -0.25) is 4.79 Å². The number of amides is 1. The third kappa shape index (κ3) is 3.51. The molecule has 0 aliphatic heterocycles. The van der Waals surface area contributed by atoms with E-state index in [2.05, 4.69) is 20.4 Å². The molecule has 0 bridgehead atoms. The summed E-state index contributed by atoms with van der Waals surface area (Å²) in [6, 6.07) is 5.95. The van der Waals surface area contributed by atoms with E-state index in [9.17, 15) is 26.7 Å². The van der Waals surface area contributed by atoms with E-state index in [0.29, 0.717) is 16.6 Å². The Hall–Kier alpha value is -3.83. The lowest BCUT2D eigenvalue weighted by atomic mass is 10.2. The molecular formula is C17H8F5N5O2. The van der Waals surface area contributed by atoms with Gasteiger partial charge in [0.1, 0.15) is 17.3 Å². The fraction of sp³-hybridized carbons (Fsp3) is 0.0588. The first kappa shape index (κ1) is 18.5. The van der Waals surface area contributed by atoms with E-state index in [-0.39, 0.29) is 11.5 Å². The minimum absolute atomic E-state index is 0.0559. The van der Waals surface area contributed by atoms with Crippen LogP contribution < -0.4 is 5.32 Å². The van der Waals surface area contributed by atoms with Crippen molar-refractivity contribution in [1.82, 2.24) is 19.6 Å². The zero-order chi connectivity index (χ0) is 20.8. The number of nitrogens with one attached hydrogen (secondary N) is 1. The van der Waals surface area contributed by atoms with Crippen LogP contribution in [0.1, 0.15) is 16.3 Å². The van der Waals surface area contributed by atoms with Crippen molar-refractivity contribution in [3.8, 4) is 11.5 Å². The topological polar surface area (TPSA) is 85.3 Å². The second-order valence-electron chi connectivity index (χ2n) is 5.73. The van der Waals surface area contributed by atoms with E-state index in [1.807, 2.05) is 0 Å². The molecule has 0 fully saturated rings. The summed E-state index contributed by atoms with van der Waals surface area (Å²) >= 11 is 0. The molecule has 1 amide bonds. The van der Waals surface area contributed by atoms with Gasteiger partial charge < -0.3 is 9.73 Å². The molecule has 4 aromatic rings. The number of carbonyl (C=O) groups excluding carboxylic acids is 1. The number of hydrogen-bond donors (Lipinski definition) is 1. The van der Waals surface area contributed by atoms with E-state index in [0.717, 1.165) is 12.1 Å². The Kier molecular flexibility index (Phi) is 4.25. The molecular weight excluding hydrogens is 401 g/mol. The Morgan fingerprint density at radius 3 is 2.55 bits per heavy atom. The first-order valence-electron chi connectivity index (χ1n) is 7.87. The standard InChI is InChI=1S/C17H8F5N5O2/c18-8-3-4-10(9(19)6-8)23-15(28)14-25-16-24-11(12-2-1-5-29-12)7-13(17(20,21)22)27(16)26-14/h1-7H,(H,23,28). The van der Waals surface area contributed by atoms with Crippen LogP contribution in [0.15, 0.2) is 47.1 Å². The molecule has 29 heavy (non-hydrogen) atoms. The highest BCUT2D eigenvalue weighted by atomic mass is 19.4. The number of hydrogen-bond acceptors (Lipinski definition) is 5. The van der Waals surface area contributed by atoms with Gasteiger partial charge in [-0.05, 0) is 30.3 Å². The quantitative estimate of drug-likeness (QED) is 0.518. The SMILES string of the molecule is O=C(Nc1ccc(F)cc1F)c1nc2nc(-c3ccco3)cc(C(F)(F)F)n2n1. The van der Waals surface area contributed by atoms with Crippen molar-refractivity contribution >= 4 is 17.4 Å². The molecule has 0 saturated carbocycles. The Morgan fingerprint density at radius 1 is 1.10 bits per heavy atom. The van der Waals surface area contributed by atoms with Crippen molar-refractivity contribution in [3.05, 3.63) is 65.8 Å². The summed E-state index contributed by atoms with van der Waals surface area (Å²) in [5, 5.41) is 5.60. The molecule has 7 nitrogen and oxygen atoms in total. The molecule has 4 rings (SSSR count). The molecule has 0 saturated heterocycles. The Bertz CT molecular complexity index is 1220. The van der Waals surface area contributed by atoms with Crippen LogP contribution in [0.3, 0.4) is 0 Å². The van der Waals surface area contributed by atoms with Crippen LogP contribution in [0.25, 0.3) is 17.2 Å². The molecule has 12 heteroatoms. The van der Waals surface area contributed by atoms with Gasteiger partial charge in [-0.15, -0.1) is 5.10 Å². The molecule has 0 spiro atoms. The average Bonchev–Trinajstić information content (AvgIpc) is 3.31. The summed E-state index contributed by atoms with van der Waals surface area (Å²) in [7, 11) is 0. The summed E-state index contributed by atoms with van der Waals surface area (Å²) in [5.41, 5.74) is -1.80. The molecule has 0 unspecified atom stereocenters. The van der Waals surface area contributed by atoms with Gasteiger partial charge in [0.05, 0.1) is 12.0 Å². The average molecular weight is 409 g/mol. The van der Waals surface area contributed by atoms with Crippen molar-refractivity contribution in [2.75, 3.05) is 5.32 Å². The van der Waals surface area contributed by atoms with Crippen LogP contribution >= 0.6 is 0 Å². The molecule has 1 N–H and O–H groups in total. The predicted molar refractivity (Wildman–Crippen MR) is 87.8 cm³/mol. The molecule has 0 atom stereocenters. The zero-order valence-electron chi connectivity index (χ0n) is 14.0. The summed E-state index contributed by atoms with van der Waals surface area (Å²) in [4.78, 5) is 19.9. The van der Waals surface area contributed by atoms with Crippen molar-refractivity contribution in [2.45, 2.75) is 6.18 Å². The van der Waals surface area contributed by atoms with E-state index in [1.54, 1.807) is 0 Å². The fourth-order valence-electron chi connectivity index (χ4n) is 2.49. The minimum Gasteiger partial charge on any atom is -0.463 e. The monoisotopic (exact) mass is 409 g/mol. The predicted octanol–water partition coefficient (Wildman–Crippen LogP) is 3.93. The van der Waals surface area contributed by atoms with Crippen molar-refractivity contribution in [1.29, 1.82) is 0 Å². The van der Waals surface area contributed by atoms with E-state index in [4.69, 9.17) is 4.42 Å². The summed E-state index contributed by atoms with van der Waals surface area (Å²) in [6.45, 7) is 0. The van der Waals surface area contributed by atoms with Crippen molar-refractivity contribution < 1.29 is 31.2 Å². The Labute approximate surface area is 157 Å². The zero-order valence-corrected chi connectivity index (χ0v) is 14.0. The molecule has 0 aliphatic carbocycles. The van der Waals surface area contributed by atoms with Crippen molar-refractivity contribution in [2.24, 2.45) is 0 Å². The molecule has 148 valence electrons. The fourth-order valence-corrected chi connectivity index (χ4v) is 2.49. The van der Waals surface area contributed by atoms with Crippen LogP contribution in [0.2, 0.25) is 0 Å². The smallest absolute Gasteiger partial charge is 0.433 e. The highest BCUT2D eigenvalue weighted by Crippen LogP contribution is 2.32. The number of benzene rings is 1. The number of fused-ring (bicyclic) bond motifs is 1. The molecule has 0 aliphatic rings. The maximum atomic E-state index is 13.7. The Balaban J connectivity index is 1.77. The third-order valence-electron chi connectivity index (χ3n) is 3.76. The summed E-state index contributed by atoms with van der Waals surface area (Å²) in [6.07, 6.45) is -3.58. The molecule has 1 aromatic carbocycles. The van der Waals surface area contributed by atoms with Gasteiger partial charge in [-0.2, -0.15) is 22.7 Å². The first-order valence-corrected chi connectivity index (χ1v) is 7.87. The van der Waals surface area contributed by atoms with Gasteiger partial charge in [-0.1, -0.05) is 0 Å². The van der Waals surface area contributed by atoms with E-state index in [1.165, 1.54) is 18.4 Å². The van der Waals surface area contributed by atoms with Gasteiger partial charge in [-0.25, -0.2) is 13.8 Å². The lowest BCUT2D eigenvalue weighted by molar-refractivity contribution is -0.142. The van der Waals surface area contributed by atoms with Gasteiger partial charge in [0, 0.05) is 6.07 Å². The maximum Gasteiger partial charge on any atom is 0.433 e. The summed E-state index contributed by atoms with van der Waals surface area (Å²) in [5.74, 6) is -4.19. The van der Waals surface area contributed by atoms with Crippen LogP contribution in [0.5, 0.6) is 0 Å². The van der Waals surface area contributed by atoms with Crippen LogP contribution in [-0.2, 0) is 6.18 Å². The highest BCUT2D eigenvalue weighted by Gasteiger charge is 2.36. The van der Waals surface area contributed by atoms with E-state index < -0.39 is 46.7 Å². The number of furan rings is 1. The number of anilines is 1. The minimum atomic E-state index is -4.84. The molecule has 0 radical (unpaired) electrons. The number of halogens is 5. The number of rotatable bonds is 3. The maximum absolute atomic E-state index is 13.7. The molecule has 3 heterocycles. The van der Waals surface area contributed by atoms with Gasteiger partial charge in [0.15, 0.2) is 11.5 Å². The number of carbonyl (C=O) groups is 1. The normalized spacial score (nSPS) is 11.8. The molecule has 3 aromatic heterocycles. The van der Waals surface area contributed by atoms with Crippen LogP contribution in [-0.4, -0.2) is 25.5 Å². The lowest BCUT2D eigenvalue weighted by Crippen LogP contribution is -2.16. The number of aromatic nitrogens is 4.